The van der Waals surface area contributed by atoms with Crippen LogP contribution in [0.25, 0.3) is 0 Å². The molecule has 2 rings (SSSR count). The summed E-state index contributed by atoms with van der Waals surface area (Å²) in [5, 5.41) is 14.1. The summed E-state index contributed by atoms with van der Waals surface area (Å²) in [5.41, 5.74) is 1.40. The van der Waals surface area contributed by atoms with Crippen molar-refractivity contribution in [3.8, 4) is 0 Å². The Hall–Kier alpha value is -0.930. The fourth-order valence-corrected chi connectivity index (χ4v) is 3.09. The highest BCUT2D eigenvalue weighted by Crippen LogP contribution is 2.24. The summed E-state index contributed by atoms with van der Waals surface area (Å²) in [6, 6.07) is 5.46. The van der Waals surface area contributed by atoms with Crippen molar-refractivity contribution in [2.45, 2.75) is 70.6 Å². The van der Waals surface area contributed by atoms with Gasteiger partial charge < -0.3 is 10.4 Å². The van der Waals surface area contributed by atoms with E-state index in [1.54, 1.807) is 19.1 Å². The number of benzene rings is 1. The van der Waals surface area contributed by atoms with Crippen molar-refractivity contribution in [2.24, 2.45) is 0 Å². The number of halogens is 1. The average molecular weight is 279 g/mol. The summed E-state index contributed by atoms with van der Waals surface area (Å²) in [4.78, 5) is 0. The molecular weight excluding hydrogens is 253 g/mol. The highest BCUT2D eigenvalue weighted by Gasteiger charge is 2.23. The molecule has 0 heterocycles. The molecule has 1 aliphatic carbocycles. The van der Waals surface area contributed by atoms with Crippen LogP contribution in [0.3, 0.4) is 0 Å². The van der Waals surface area contributed by atoms with E-state index in [9.17, 15) is 9.50 Å². The lowest BCUT2D eigenvalue weighted by Gasteiger charge is -2.31. The van der Waals surface area contributed by atoms with Crippen molar-refractivity contribution < 1.29 is 9.50 Å². The molecule has 0 spiro atoms. The largest absolute Gasteiger partial charge is 0.387 e. The predicted octanol–water partition coefficient (Wildman–Crippen LogP) is 3.87. The van der Waals surface area contributed by atoms with Gasteiger partial charge in [-0.05, 0) is 43.4 Å². The van der Waals surface area contributed by atoms with Crippen molar-refractivity contribution in [1.82, 2.24) is 5.32 Å². The molecule has 0 radical (unpaired) electrons. The summed E-state index contributed by atoms with van der Waals surface area (Å²) in [6.07, 6.45) is 6.58. The van der Waals surface area contributed by atoms with E-state index >= 15 is 0 Å². The van der Waals surface area contributed by atoms with E-state index in [0.29, 0.717) is 11.6 Å². The summed E-state index contributed by atoms with van der Waals surface area (Å²) >= 11 is 0. The van der Waals surface area contributed by atoms with Crippen molar-refractivity contribution in [3.63, 3.8) is 0 Å². The zero-order chi connectivity index (χ0) is 14.5. The zero-order valence-electron chi connectivity index (χ0n) is 12.5. The van der Waals surface area contributed by atoms with Crippen LogP contribution in [0.5, 0.6) is 0 Å². The molecule has 1 aromatic carbocycles. The van der Waals surface area contributed by atoms with Crippen LogP contribution in [-0.2, 0) is 0 Å². The number of nitrogens with one attached hydrogen (secondary N) is 1. The molecular formula is C17H26FNO. The van der Waals surface area contributed by atoms with Gasteiger partial charge in [-0.25, -0.2) is 4.39 Å². The normalized spacial score (nSPS) is 19.8. The molecule has 0 aromatic heterocycles. The van der Waals surface area contributed by atoms with Crippen LogP contribution in [0.2, 0.25) is 0 Å². The van der Waals surface area contributed by atoms with E-state index in [4.69, 9.17) is 0 Å². The maximum atomic E-state index is 13.3. The Balaban J connectivity index is 2.03. The lowest BCUT2D eigenvalue weighted by molar-refractivity contribution is 0.114. The van der Waals surface area contributed by atoms with E-state index in [2.05, 4.69) is 12.2 Å². The smallest absolute Gasteiger partial charge is 0.126 e. The van der Waals surface area contributed by atoms with Gasteiger partial charge in [0.25, 0.3) is 0 Å². The first kappa shape index (κ1) is 15.5. The van der Waals surface area contributed by atoms with Crippen LogP contribution >= 0.6 is 0 Å². The van der Waals surface area contributed by atoms with Crippen LogP contribution < -0.4 is 5.32 Å². The number of hydrogen-bond donors (Lipinski definition) is 2. The Morgan fingerprint density at radius 3 is 2.60 bits per heavy atom. The van der Waals surface area contributed by atoms with E-state index in [-0.39, 0.29) is 11.9 Å². The van der Waals surface area contributed by atoms with Gasteiger partial charge >= 0.3 is 0 Å². The maximum Gasteiger partial charge on any atom is 0.126 e. The van der Waals surface area contributed by atoms with Gasteiger partial charge in [-0.2, -0.15) is 0 Å². The van der Waals surface area contributed by atoms with E-state index in [1.807, 2.05) is 0 Å². The fraction of sp³-hybridized carbons (Fsp3) is 0.647. The van der Waals surface area contributed by atoms with Gasteiger partial charge in [0.2, 0.25) is 0 Å². The Kier molecular flexibility index (Phi) is 5.55. The quantitative estimate of drug-likeness (QED) is 0.857. The average Bonchev–Trinajstić information content (AvgIpc) is 2.48. The number of hydrogen-bond acceptors (Lipinski definition) is 2. The SMILES string of the molecule is CCC(NC1CCCCC1)C(O)c1ccc(F)c(C)c1. The monoisotopic (exact) mass is 279 g/mol. The molecule has 1 saturated carbocycles. The maximum absolute atomic E-state index is 13.3. The lowest BCUT2D eigenvalue weighted by atomic mass is 9.92. The minimum Gasteiger partial charge on any atom is -0.387 e. The molecule has 112 valence electrons. The van der Waals surface area contributed by atoms with Crippen molar-refractivity contribution in [3.05, 3.63) is 35.1 Å². The van der Waals surface area contributed by atoms with Gasteiger partial charge in [0.15, 0.2) is 0 Å². The third kappa shape index (κ3) is 3.80. The lowest BCUT2D eigenvalue weighted by Crippen LogP contribution is -2.42. The molecule has 0 aliphatic heterocycles. The van der Waals surface area contributed by atoms with Gasteiger partial charge in [-0.1, -0.05) is 38.3 Å². The van der Waals surface area contributed by atoms with Crippen LogP contribution in [-0.4, -0.2) is 17.2 Å². The third-order valence-electron chi connectivity index (χ3n) is 4.40. The first-order valence-corrected chi connectivity index (χ1v) is 7.82. The molecule has 2 nitrogen and oxygen atoms in total. The Morgan fingerprint density at radius 2 is 2.00 bits per heavy atom. The Labute approximate surface area is 121 Å². The Bertz CT molecular complexity index is 429. The molecule has 1 fully saturated rings. The van der Waals surface area contributed by atoms with Gasteiger partial charge in [0.1, 0.15) is 5.82 Å². The first-order valence-electron chi connectivity index (χ1n) is 7.82. The van der Waals surface area contributed by atoms with Crippen LogP contribution in [0.4, 0.5) is 4.39 Å². The minimum absolute atomic E-state index is 0.0444. The number of aliphatic hydroxyl groups excluding tert-OH is 1. The predicted molar refractivity (Wildman–Crippen MR) is 80.2 cm³/mol. The minimum atomic E-state index is -0.568. The summed E-state index contributed by atoms with van der Waals surface area (Å²) in [5.74, 6) is -0.214. The molecule has 0 saturated heterocycles. The zero-order valence-corrected chi connectivity index (χ0v) is 12.5. The van der Waals surface area contributed by atoms with E-state index in [1.165, 1.54) is 38.2 Å². The number of aliphatic hydroxyl groups is 1. The molecule has 1 aromatic rings. The molecule has 2 N–H and O–H groups in total. The van der Waals surface area contributed by atoms with Gasteiger partial charge in [-0.15, -0.1) is 0 Å². The van der Waals surface area contributed by atoms with Crippen LogP contribution in [0.15, 0.2) is 18.2 Å². The molecule has 2 atom stereocenters. The number of aryl methyl sites for hydroxylation is 1. The molecule has 1 aliphatic rings. The highest BCUT2D eigenvalue weighted by molar-refractivity contribution is 5.26. The van der Waals surface area contributed by atoms with Gasteiger partial charge in [0.05, 0.1) is 6.10 Å². The van der Waals surface area contributed by atoms with Crippen molar-refractivity contribution >= 4 is 0 Å². The molecule has 20 heavy (non-hydrogen) atoms. The highest BCUT2D eigenvalue weighted by atomic mass is 19.1. The molecule has 3 heteroatoms. The van der Waals surface area contributed by atoms with Crippen molar-refractivity contribution in [2.75, 3.05) is 0 Å². The second-order valence-corrected chi connectivity index (χ2v) is 5.97. The Morgan fingerprint density at radius 1 is 1.30 bits per heavy atom. The second-order valence-electron chi connectivity index (χ2n) is 5.97. The first-order chi connectivity index (χ1) is 9.61. The topological polar surface area (TPSA) is 32.3 Å². The standard InChI is InChI=1S/C17H26FNO/c1-3-16(19-14-7-5-4-6-8-14)17(20)13-9-10-15(18)12(2)11-13/h9-11,14,16-17,19-20H,3-8H2,1-2H3. The van der Waals surface area contributed by atoms with Crippen molar-refractivity contribution in [1.29, 1.82) is 0 Å². The van der Waals surface area contributed by atoms with Gasteiger partial charge in [0, 0.05) is 12.1 Å². The summed E-state index contributed by atoms with van der Waals surface area (Å²) < 4.78 is 13.3. The van der Waals surface area contributed by atoms with Crippen LogP contribution in [0.1, 0.15) is 62.7 Å². The summed E-state index contributed by atoms with van der Waals surface area (Å²) in [7, 11) is 0. The van der Waals surface area contributed by atoms with Crippen LogP contribution in [0, 0.1) is 12.7 Å². The number of rotatable bonds is 5. The fourth-order valence-electron chi connectivity index (χ4n) is 3.09. The molecule has 0 amide bonds. The molecule has 2 unspecified atom stereocenters. The molecule has 0 bridgehead atoms. The van der Waals surface area contributed by atoms with Gasteiger partial charge in [-0.3, -0.25) is 0 Å². The van der Waals surface area contributed by atoms with E-state index < -0.39 is 6.10 Å². The van der Waals surface area contributed by atoms with E-state index in [0.717, 1.165) is 12.0 Å². The third-order valence-corrected chi connectivity index (χ3v) is 4.40. The summed E-state index contributed by atoms with van der Waals surface area (Å²) in [6.45, 7) is 3.82. The second kappa shape index (κ2) is 7.19.